The van der Waals surface area contributed by atoms with Crippen molar-refractivity contribution >= 4 is 11.7 Å². The number of nitro groups is 1. The Hall–Kier alpha value is -2.11. The highest BCUT2D eigenvalue weighted by atomic mass is 16.6. The molecule has 0 heterocycles. The fourth-order valence-electron chi connectivity index (χ4n) is 1.37. The van der Waals surface area contributed by atoms with Crippen LogP contribution in [-0.2, 0) is 4.79 Å². The number of nitro benzene ring substituents is 1. The van der Waals surface area contributed by atoms with E-state index in [0.717, 1.165) is 5.56 Å². The molecule has 6 nitrogen and oxygen atoms in total. The first-order chi connectivity index (χ1) is 7.90. The van der Waals surface area contributed by atoms with Gasteiger partial charge in [-0.3, -0.25) is 14.9 Å². The zero-order chi connectivity index (χ0) is 13.0. The highest BCUT2D eigenvalue weighted by Crippen LogP contribution is 2.28. The molecular formula is C11H13NO5. The van der Waals surface area contributed by atoms with E-state index >= 15 is 0 Å². The summed E-state index contributed by atoms with van der Waals surface area (Å²) in [7, 11) is 0. The minimum Gasteiger partial charge on any atom is -0.483 e. The Kier molecular flexibility index (Phi) is 4.03. The molecule has 1 atom stereocenters. The van der Waals surface area contributed by atoms with E-state index in [1.165, 1.54) is 12.1 Å². The molecule has 17 heavy (non-hydrogen) atoms. The molecule has 0 aliphatic rings. The van der Waals surface area contributed by atoms with Crippen LogP contribution in [0, 0.1) is 17.0 Å². The molecule has 0 saturated carbocycles. The smallest absolute Gasteiger partial charge is 0.311 e. The van der Waals surface area contributed by atoms with E-state index in [1.807, 2.05) is 0 Å². The average Bonchev–Trinajstić information content (AvgIpc) is 2.19. The molecule has 0 saturated heterocycles. The Labute approximate surface area is 98.0 Å². The van der Waals surface area contributed by atoms with Crippen LogP contribution in [0.3, 0.4) is 0 Å². The first kappa shape index (κ1) is 13.0. The van der Waals surface area contributed by atoms with Crippen molar-refractivity contribution in [2.24, 2.45) is 0 Å². The lowest BCUT2D eigenvalue weighted by Crippen LogP contribution is -2.17. The number of aryl methyl sites for hydroxylation is 1. The van der Waals surface area contributed by atoms with Gasteiger partial charge in [0.15, 0.2) is 5.75 Å². The van der Waals surface area contributed by atoms with Gasteiger partial charge in [-0.2, -0.15) is 0 Å². The van der Waals surface area contributed by atoms with Crippen LogP contribution in [0.4, 0.5) is 5.69 Å². The van der Waals surface area contributed by atoms with Gasteiger partial charge in [0.05, 0.1) is 11.3 Å². The number of benzene rings is 1. The minimum atomic E-state index is -1.01. The normalized spacial score (nSPS) is 11.9. The van der Waals surface area contributed by atoms with E-state index in [1.54, 1.807) is 19.9 Å². The highest BCUT2D eigenvalue weighted by Gasteiger charge is 2.18. The molecule has 0 spiro atoms. The summed E-state index contributed by atoms with van der Waals surface area (Å²) >= 11 is 0. The van der Waals surface area contributed by atoms with Crippen molar-refractivity contribution in [2.75, 3.05) is 0 Å². The van der Waals surface area contributed by atoms with Crippen LogP contribution in [-0.4, -0.2) is 22.1 Å². The molecule has 1 rings (SSSR count). The van der Waals surface area contributed by atoms with Gasteiger partial charge in [-0.25, -0.2) is 0 Å². The second-order valence-electron chi connectivity index (χ2n) is 3.75. The van der Waals surface area contributed by atoms with Crippen molar-refractivity contribution in [3.63, 3.8) is 0 Å². The summed E-state index contributed by atoms with van der Waals surface area (Å²) in [5.74, 6) is -0.915. The summed E-state index contributed by atoms with van der Waals surface area (Å²) in [6.45, 7) is 3.29. The number of hydrogen-bond acceptors (Lipinski definition) is 4. The first-order valence-corrected chi connectivity index (χ1v) is 5.03. The summed E-state index contributed by atoms with van der Waals surface area (Å²) in [5.41, 5.74) is 0.595. The van der Waals surface area contributed by atoms with E-state index in [0.29, 0.717) is 0 Å². The predicted molar refractivity (Wildman–Crippen MR) is 60.2 cm³/mol. The summed E-state index contributed by atoms with van der Waals surface area (Å²) < 4.78 is 5.25. The van der Waals surface area contributed by atoms with E-state index in [4.69, 9.17) is 9.84 Å². The maximum absolute atomic E-state index is 10.8. The van der Waals surface area contributed by atoms with Crippen molar-refractivity contribution in [3.8, 4) is 5.75 Å². The van der Waals surface area contributed by atoms with E-state index in [9.17, 15) is 14.9 Å². The second kappa shape index (κ2) is 5.29. The molecule has 1 unspecified atom stereocenters. The van der Waals surface area contributed by atoms with Crippen LogP contribution < -0.4 is 4.74 Å². The standard InChI is InChI=1S/C11H13NO5/c1-7-3-4-10(9(5-7)12(15)16)17-8(2)6-11(13)14/h3-5,8H,6H2,1-2H3,(H,13,14). The molecule has 0 amide bonds. The Morgan fingerprint density at radius 1 is 1.59 bits per heavy atom. The number of ether oxygens (including phenoxy) is 1. The number of nitrogens with zero attached hydrogens (tertiary/aromatic N) is 1. The number of carboxylic acids is 1. The van der Waals surface area contributed by atoms with Gasteiger partial charge in [-0.1, -0.05) is 6.07 Å². The molecule has 92 valence electrons. The molecule has 0 aliphatic heterocycles. The van der Waals surface area contributed by atoms with Gasteiger partial charge in [0.25, 0.3) is 0 Å². The maximum atomic E-state index is 10.8. The molecule has 0 bridgehead atoms. The van der Waals surface area contributed by atoms with Gasteiger partial charge >= 0.3 is 11.7 Å². The van der Waals surface area contributed by atoms with Crippen molar-refractivity contribution in [2.45, 2.75) is 26.4 Å². The highest BCUT2D eigenvalue weighted by molar-refractivity contribution is 5.67. The van der Waals surface area contributed by atoms with E-state index in [-0.39, 0.29) is 17.9 Å². The average molecular weight is 239 g/mol. The lowest BCUT2D eigenvalue weighted by atomic mass is 10.2. The van der Waals surface area contributed by atoms with Gasteiger partial charge in [0, 0.05) is 6.07 Å². The minimum absolute atomic E-state index is 0.0920. The molecule has 1 aromatic carbocycles. The van der Waals surface area contributed by atoms with Crippen LogP contribution in [0.2, 0.25) is 0 Å². The van der Waals surface area contributed by atoms with Crippen molar-refractivity contribution < 1.29 is 19.6 Å². The summed E-state index contributed by atoms with van der Waals surface area (Å²) in [6.07, 6.45) is -0.820. The third kappa shape index (κ3) is 3.75. The second-order valence-corrected chi connectivity index (χ2v) is 3.75. The number of carbonyl (C=O) groups is 1. The summed E-state index contributed by atoms with van der Waals surface area (Å²) in [4.78, 5) is 20.7. The van der Waals surface area contributed by atoms with Gasteiger partial charge in [0.1, 0.15) is 6.10 Å². The van der Waals surface area contributed by atoms with Gasteiger partial charge in [0.2, 0.25) is 0 Å². The third-order valence-corrected chi connectivity index (χ3v) is 2.10. The molecule has 0 aliphatic carbocycles. The number of rotatable bonds is 5. The lowest BCUT2D eigenvalue weighted by Gasteiger charge is -2.12. The fraction of sp³-hybridized carbons (Fsp3) is 0.364. The van der Waals surface area contributed by atoms with Crippen LogP contribution >= 0.6 is 0 Å². The van der Waals surface area contributed by atoms with Crippen LogP contribution in [0.1, 0.15) is 18.9 Å². The molecule has 6 heteroatoms. The number of hydrogen-bond donors (Lipinski definition) is 1. The van der Waals surface area contributed by atoms with Crippen LogP contribution in [0.5, 0.6) is 5.75 Å². The third-order valence-electron chi connectivity index (χ3n) is 2.10. The summed E-state index contributed by atoms with van der Waals surface area (Å²) in [5, 5.41) is 19.4. The first-order valence-electron chi connectivity index (χ1n) is 5.03. The molecule has 0 fully saturated rings. The Balaban J connectivity index is 2.90. The van der Waals surface area contributed by atoms with Crippen molar-refractivity contribution in [3.05, 3.63) is 33.9 Å². The molecule has 0 radical (unpaired) electrons. The van der Waals surface area contributed by atoms with Crippen molar-refractivity contribution in [1.82, 2.24) is 0 Å². The van der Waals surface area contributed by atoms with E-state index < -0.39 is 17.0 Å². The Bertz CT molecular complexity index is 443. The van der Waals surface area contributed by atoms with Gasteiger partial charge < -0.3 is 9.84 Å². The monoisotopic (exact) mass is 239 g/mol. The predicted octanol–water partition coefficient (Wildman–Crippen LogP) is 2.15. The molecule has 0 aromatic heterocycles. The van der Waals surface area contributed by atoms with Gasteiger partial charge in [-0.05, 0) is 25.5 Å². The molecule has 1 aromatic rings. The Morgan fingerprint density at radius 2 is 2.24 bits per heavy atom. The van der Waals surface area contributed by atoms with Crippen LogP contribution in [0.25, 0.3) is 0 Å². The zero-order valence-corrected chi connectivity index (χ0v) is 9.54. The zero-order valence-electron chi connectivity index (χ0n) is 9.54. The van der Waals surface area contributed by atoms with Gasteiger partial charge in [-0.15, -0.1) is 0 Å². The Morgan fingerprint density at radius 3 is 2.76 bits per heavy atom. The lowest BCUT2D eigenvalue weighted by molar-refractivity contribution is -0.386. The van der Waals surface area contributed by atoms with Crippen molar-refractivity contribution in [1.29, 1.82) is 0 Å². The molecular weight excluding hydrogens is 226 g/mol. The maximum Gasteiger partial charge on any atom is 0.311 e. The summed E-state index contributed by atoms with van der Waals surface area (Å²) in [6, 6.07) is 4.55. The number of carboxylic acid groups (broad SMARTS) is 1. The van der Waals surface area contributed by atoms with Crippen LogP contribution in [0.15, 0.2) is 18.2 Å². The fourth-order valence-corrected chi connectivity index (χ4v) is 1.37. The van der Waals surface area contributed by atoms with E-state index in [2.05, 4.69) is 0 Å². The largest absolute Gasteiger partial charge is 0.483 e. The quantitative estimate of drug-likeness (QED) is 0.628. The SMILES string of the molecule is Cc1ccc(OC(C)CC(=O)O)c([N+](=O)[O-])c1. The molecule has 1 N–H and O–H groups in total. The number of aliphatic carboxylic acids is 1. The topological polar surface area (TPSA) is 89.7 Å².